The average Bonchev–Trinajstić information content (AvgIpc) is 2.70. The monoisotopic (exact) mass is 288 g/mol. The van der Waals surface area contributed by atoms with Crippen LogP contribution in [-0.4, -0.2) is 11.2 Å². The summed E-state index contributed by atoms with van der Waals surface area (Å²) in [5, 5.41) is 10.1. The van der Waals surface area contributed by atoms with Gasteiger partial charge in [-0.2, -0.15) is 0 Å². The SMILES string of the molecule is CC1=C[C@@H](O)CC(C)=CC[C@]2(C)CCC(C(C)C)=C2CC1. The summed E-state index contributed by atoms with van der Waals surface area (Å²) in [6.07, 6.45) is 10.9. The summed E-state index contributed by atoms with van der Waals surface area (Å²) in [6.45, 7) is 11.5. The van der Waals surface area contributed by atoms with E-state index in [1.54, 1.807) is 11.1 Å². The van der Waals surface area contributed by atoms with E-state index in [0.29, 0.717) is 11.3 Å². The van der Waals surface area contributed by atoms with E-state index in [-0.39, 0.29) is 6.10 Å². The van der Waals surface area contributed by atoms with Gasteiger partial charge in [0.15, 0.2) is 0 Å². The van der Waals surface area contributed by atoms with Crippen molar-refractivity contribution in [3.63, 3.8) is 0 Å². The van der Waals surface area contributed by atoms with Crippen LogP contribution < -0.4 is 0 Å². The van der Waals surface area contributed by atoms with Gasteiger partial charge in [0.25, 0.3) is 0 Å². The number of allylic oxidation sites excluding steroid dienone is 4. The molecule has 2 aliphatic carbocycles. The number of hydrogen-bond acceptors (Lipinski definition) is 1. The van der Waals surface area contributed by atoms with Crippen LogP contribution in [0.3, 0.4) is 0 Å². The van der Waals surface area contributed by atoms with Crippen molar-refractivity contribution in [2.75, 3.05) is 0 Å². The first-order valence-electron chi connectivity index (χ1n) is 8.55. The predicted octanol–water partition coefficient (Wildman–Crippen LogP) is 5.57. The molecule has 0 saturated carbocycles. The normalized spacial score (nSPS) is 31.7. The van der Waals surface area contributed by atoms with Crippen molar-refractivity contribution in [1.82, 2.24) is 0 Å². The molecule has 2 aliphatic rings. The molecule has 1 nitrogen and oxygen atoms in total. The van der Waals surface area contributed by atoms with Gasteiger partial charge in [-0.25, -0.2) is 0 Å². The fraction of sp³-hybridized carbons (Fsp3) is 0.700. The van der Waals surface area contributed by atoms with E-state index >= 15 is 0 Å². The first-order chi connectivity index (χ1) is 9.82. The highest BCUT2D eigenvalue weighted by molar-refractivity contribution is 5.31. The molecule has 0 radical (unpaired) electrons. The predicted molar refractivity (Wildman–Crippen MR) is 91.2 cm³/mol. The summed E-state index contributed by atoms with van der Waals surface area (Å²) in [6, 6.07) is 0. The second kappa shape index (κ2) is 6.52. The molecule has 1 N–H and O–H groups in total. The van der Waals surface area contributed by atoms with Crippen LogP contribution in [0.2, 0.25) is 0 Å². The summed E-state index contributed by atoms with van der Waals surface area (Å²) in [5.41, 5.74) is 6.42. The topological polar surface area (TPSA) is 20.2 Å². The highest BCUT2D eigenvalue weighted by Gasteiger charge is 2.36. The molecular formula is C20H32O. The molecule has 1 heteroatoms. The van der Waals surface area contributed by atoms with Crippen molar-refractivity contribution in [3.8, 4) is 0 Å². The minimum atomic E-state index is -0.314. The molecular weight excluding hydrogens is 256 g/mol. The fourth-order valence-electron chi connectivity index (χ4n) is 4.03. The van der Waals surface area contributed by atoms with Crippen molar-refractivity contribution in [3.05, 3.63) is 34.4 Å². The second-order valence-corrected chi connectivity index (χ2v) is 7.76. The van der Waals surface area contributed by atoms with Gasteiger partial charge in [-0.05, 0) is 63.7 Å². The van der Waals surface area contributed by atoms with Crippen molar-refractivity contribution in [1.29, 1.82) is 0 Å². The zero-order valence-corrected chi connectivity index (χ0v) is 14.5. The van der Waals surface area contributed by atoms with Gasteiger partial charge < -0.3 is 5.11 Å². The summed E-state index contributed by atoms with van der Waals surface area (Å²) in [4.78, 5) is 0. The summed E-state index contributed by atoms with van der Waals surface area (Å²) in [7, 11) is 0. The van der Waals surface area contributed by atoms with Gasteiger partial charge in [0.2, 0.25) is 0 Å². The molecule has 2 rings (SSSR count). The number of rotatable bonds is 1. The van der Waals surface area contributed by atoms with Gasteiger partial charge in [0, 0.05) is 0 Å². The lowest BCUT2D eigenvalue weighted by atomic mass is 9.76. The number of aliphatic hydroxyl groups excluding tert-OH is 1. The van der Waals surface area contributed by atoms with Crippen LogP contribution in [0.5, 0.6) is 0 Å². The molecule has 0 aliphatic heterocycles. The Bertz CT molecular complexity index is 478. The Balaban J connectivity index is 2.37. The first kappa shape index (κ1) is 16.5. The minimum absolute atomic E-state index is 0.314. The van der Waals surface area contributed by atoms with Gasteiger partial charge in [0.1, 0.15) is 0 Å². The Labute approximate surface area is 130 Å². The first-order valence-corrected chi connectivity index (χ1v) is 8.55. The maximum atomic E-state index is 10.1. The Hall–Kier alpha value is -0.820. The van der Waals surface area contributed by atoms with E-state index in [9.17, 15) is 5.11 Å². The molecule has 21 heavy (non-hydrogen) atoms. The number of hydrogen-bond donors (Lipinski definition) is 1. The zero-order chi connectivity index (χ0) is 15.6. The fourth-order valence-corrected chi connectivity index (χ4v) is 4.03. The van der Waals surface area contributed by atoms with Crippen molar-refractivity contribution < 1.29 is 5.11 Å². The molecule has 0 aromatic carbocycles. The van der Waals surface area contributed by atoms with E-state index in [1.807, 2.05) is 0 Å². The quantitative estimate of drug-likeness (QED) is 0.626. The van der Waals surface area contributed by atoms with Gasteiger partial charge in [-0.1, -0.05) is 55.2 Å². The van der Waals surface area contributed by atoms with Gasteiger partial charge >= 0.3 is 0 Å². The molecule has 0 aromatic heterocycles. The molecule has 0 aromatic rings. The lowest BCUT2D eigenvalue weighted by molar-refractivity contribution is 0.222. The van der Waals surface area contributed by atoms with E-state index in [1.165, 1.54) is 30.4 Å². The van der Waals surface area contributed by atoms with Crippen LogP contribution >= 0.6 is 0 Å². The van der Waals surface area contributed by atoms with Gasteiger partial charge in [-0.3, -0.25) is 0 Å². The average molecular weight is 288 g/mol. The summed E-state index contributed by atoms with van der Waals surface area (Å²) in [5.74, 6) is 0.673. The third-order valence-electron chi connectivity index (χ3n) is 5.44. The van der Waals surface area contributed by atoms with Crippen LogP contribution in [0.4, 0.5) is 0 Å². The second-order valence-electron chi connectivity index (χ2n) is 7.76. The van der Waals surface area contributed by atoms with Crippen LogP contribution in [0.15, 0.2) is 34.4 Å². The highest BCUT2D eigenvalue weighted by atomic mass is 16.3. The number of aliphatic hydroxyl groups is 1. The molecule has 118 valence electrons. The minimum Gasteiger partial charge on any atom is -0.389 e. The Morgan fingerprint density at radius 2 is 1.86 bits per heavy atom. The van der Waals surface area contributed by atoms with Crippen molar-refractivity contribution >= 4 is 0 Å². The highest BCUT2D eigenvalue weighted by Crippen LogP contribution is 2.50. The van der Waals surface area contributed by atoms with Crippen molar-refractivity contribution in [2.24, 2.45) is 11.3 Å². The van der Waals surface area contributed by atoms with E-state index in [0.717, 1.165) is 19.3 Å². The summed E-state index contributed by atoms with van der Waals surface area (Å²) < 4.78 is 0. The van der Waals surface area contributed by atoms with E-state index in [2.05, 4.69) is 46.8 Å². The molecule has 0 fully saturated rings. The van der Waals surface area contributed by atoms with Crippen LogP contribution in [-0.2, 0) is 0 Å². The third-order valence-corrected chi connectivity index (χ3v) is 5.44. The van der Waals surface area contributed by atoms with Crippen molar-refractivity contribution in [2.45, 2.75) is 79.2 Å². The van der Waals surface area contributed by atoms with Gasteiger partial charge in [0.05, 0.1) is 6.10 Å². The molecule has 2 atom stereocenters. The molecule has 0 saturated heterocycles. The zero-order valence-electron chi connectivity index (χ0n) is 14.5. The smallest absolute Gasteiger partial charge is 0.0760 e. The van der Waals surface area contributed by atoms with Gasteiger partial charge in [-0.15, -0.1) is 0 Å². The Morgan fingerprint density at radius 1 is 1.14 bits per heavy atom. The molecule has 0 unspecified atom stereocenters. The van der Waals surface area contributed by atoms with E-state index in [4.69, 9.17) is 0 Å². The Kier molecular flexibility index (Phi) is 5.14. The largest absolute Gasteiger partial charge is 0.389 e. The maximum absolute atomic E-state index is 10.1. The molecule has 0 heterocycles. The summed E-state index contributed by atoms with van der Waals surface area (Å²) >= 11 is 0. The molecule has 0 spiro atoms. The Morgan fingerprint density at radius 3 is 2.52 bits per heavy atom. The van der Waals surface area contributed by atoms with E-state index < -0.39 is 0 Å². The lowest BCUT2D eigenvalue weighted by Gasteiger charge is -2.28. The number of fused-ring (bicyclic) bond motifs is 1. The van der Waals surface area contributed by atoms with Crippen LogP contribution in [0.25, 0.3) is 0 Å². The standard InChI is InChI=1S/C20H32O/c1-14(2)18-9-11-20(5)10-8-16(4)13-17(21)12-15(3)6-7-19(18)20/h8,12,14,17,21H,6-7,9-11,13H2,1-5H3/t17-,20-/m1/s1. The maximum Gasteiger partial charge on any atom is 0.0760 e. The molecule has 0 amide bonds. The lowest BCUT2D eigenvalue weighted by Crippen LogP contribution is -2.15. The molecule has 0 bridgehead atoms. The third kappa shape index (κ3) is 3.88. The van der Waals surface area contributed by atoms with Crippen LogP contribution in [0, 0.1) is 11.3 Å². The van der Waals surface area contributed by atoms with Crippen LogP contribution in [0.1, 0.15) is 73.1 Å².